The Morgan fingerprint density at radius 1 is 1.42 bits per heavy atom. The largest absolute Gasteiger partial charge is 0.470 e. The topological polar surface area (TPSA) is 160 Å². The number of aromatic amines is 1. The van der Waals surface area contributed by atoms with E-state index in [0.717, 1.165) is 16.8 Å². The van der Waals surface area contributed by atoms with E-state index in [1.54, 1.807) is 0 Å². The van der Waals surface area contributed by atoms with Crippen molar-refractivity contribution in [2.75, 3.05) is 13.2 Å². The van der Waals surface area contributed by atoms with Gasteiger partial charge in [-0.3, -0.25) is 18.9 Å². The summed E-state index contributed by atoms with van der Waals surface area (Å²) in [5.74, 6) is 2.17. The molecule has 1 aromatic rings. The van der Waals surface area contributed by atoms with Crippen molar-refractivity contribution in [2.24, 2.45) is 0 Å². The number of nitrogens with zero attached hydrogens (tertiary/aromatic N) is 1. The quantitative estimate of drug-likeness (QED) is 0.329. The van der Waals surface area contributed by atoms with E-state index in [9.17, 15) is 19.3 Å². The highest BCUT2D eigenvalue weighted by Crippen LogP contribution is 2.44. The van der Waals surface area contributed by atoms with Gasteiger partial charge in [-0.15, -0.1) is 6.42 Å². The Bertz CT molecular complexity index is 776. The first-order valence-electron chi connectivity index (χ1n) is 6.63. The van der Waals surface area contributed by atoms with Gasteiger partial charge in [-0.2, -0.15) is 0 Å². The fraction of sp³-hybridized carbons (Fsp3) is 0.500. The number of hydrogen-bond acceptors (Lipinski definition) is 7. The van der Waals surface area contributed by atoms with E-state index >= 15 is 0 Å². The third-order valence-corrected chi connectivity index (χ3v) is 3.73. The van der Waals surface area contributed by atoms with E-state index in [0.29, 0.717) is 0 Å². The van der Waals surface area contributed by atoms with Gasteiger partial charge in [-0.25, -0.2) is 9.36 Å². The van der Waals surface area contributed by atoms with E-state index in [-0.39, 0.29) is 6.61 Å². The molecule has 0 aromatic carbocycles. The first kappa shape index (κ1) is 18.6. The molecule has 0 bridgehead atoms. The van der Waals surface area contributed by atoms with Crippen LogP contribution in [-0.2, 0) is 18.6 Å². The molecular formula is C12H15N2O9P. The number of ether oxygens (including phenoxy) is 2. The van der Waals surface area contributed by atoms with Crippen LogP contribution < -0.4 is 11.2 Å². The van der Waals surface area contributed by atoms with Crippen LogP contribution >= 0.6 is 7.82 Å². The molecule has 2 heterocycles. The fourth-order valence-corrected chi connectivity index (χ4v) is 2.89. The molecular weight excluding hydrogens is 347 g/mol. The molecule has 1 fully saturated rings. The van der Waals surface area contributed by atoms with Crippen LogP contribution in [0.2, 0.25) is 0 Å². The number of terminal acetylenes is 1. The highest BCUT2D eigenvalue weighted by molar-refractivity contribution is 7.46. The summed E-state index contributed by atoms with van der Waals surface area (Å²) < 4.78 is 27.4. The van der Waals surface area contributed by atoms with Gasteiger partial charge in [-0.05, 0) is 0 Å². The number of phosphoric acid groups is 1. The van der Waals surface area contributed by atoms with E-state index in [1.807, 2.05) is 4.98 Å². The average Bonchev–Trinajstić information content (AvgIpc) is 2.81. The van der Waals surface area contributed by atoms with Gasteiger partial charge >= 0.3 is 13.5 Å². The smallest absolute Gasteiger partial charge is 0.394 e. The van der Waals surface area contributed by atoms with E-state index in [2.05, 4.69) is 10.4 Å². The third kappa shape index (κ3) is 4.19. The predicted octanol–water partition coefficient (Wildman–Crippen LogP) is -2.08. The molecule has 12 heteroatoms. The number of rotatable bonds is 6. The van der Waals surface area contributed by atoms with Crippen LogP contribution in [0.4, 0.5) is 0 Å². The van der Waals surface area contributed by atoms with Gasteiger partial charge in [0.25, 0.3) is 5.56 Å². The Morgan fingerprint density at radius 3 is 2.67 bits per heavy atom. The fourth-order valence-electron chi connectivity index (χ4n) is 2.31. The molecule has 2 rings (SSSR count). The average molecular weight is 362 g/mol. The summed E-state index contributed by atoms with van der Waals surface area (Å²) in [4.78, 5) is 43.1. The molecule has 1 aliphatic rings. The monoisotopic (exact) mass is 362 g/mol. The SMILES string of the molecule is C#CCOC1C(OP(=O)(O)O)[C@@H](CO)O[C@H]1n1ccc(=O)[nH]c1=O. The third-order valence-electron chi connectivity index (χ3n) is 3.21. The van der Waals surface area contributed by atoms with Gasteiger partial charge in [0.15, 0.2) is 6.23 Å². The van der Waals surface area contributed by atoms with Crippen LogP contribution in [0, 0.1) is 12.3 Å². The molecule has 0 saturated carbocycles. The molecule has 0 radical (unpaired) electrons. The standard InChI is InChI=1S/C12H15N2O9P/c1-2-5-21-10-9(23-24(18,19)20)7(6-15)22-11(10)14-4-3-8(16)13-12(14)17/h1,3-4,7,9-11,15H,5-6H2,(H,13,16,17)(H2,18,19,20)/t7-,9?,10?,11-/m1/s1. The van der Waals surface area contributed by atoms with Crippen molar-refractivity contribution in [1.82, 2.24) is 9.55 Å². The number of H-pyrrole nitrogens is 1. The summed E-state index contributed by atoms with van der Waals surface area (Å²) in [5.41, 5.74) is -1.48. The van der Waals surface area contributed by atoms with Crippen LogP contribution in [-0.4, -0.2) is 56.0 Å². The van der Waals surface area contributed by atoms with Gasteiger partial charge in [0.1, 0.15) is 24.9 Å². The van der Waals surface area contributed by atoms with Crippen molar-refractivity contribution in [2.45, 2.75) is 24.5 Å². The van der Waals surface area contributed by atoms with E-state index < -0.39 is 50.2 Å². The molecule has 4 atom stereocenters. The Labute approximate surface area is 135 Å². The highest BCUT2D eigenvalue weighted by atomic mass is 31.2. The van der Waals surface area contributed by atoms with E-state index in [1.165, 1.54) is 0 Å². The van der Waals surface area contributed by atoms with E-state index in [4.69, 9.17) is 25.7 Å². The van der Waals surface area contributed by atoms with Crippen molar-refractivity contribution in [3.05, 3.63) is 33.1 Å². The Hall–Kier alpha value is -1.77. The van der Waals surface area contributed by atoms with Gasteiger partial charge < -0.3 is 24.4 Å². The molecule has 1 saturated heterocycles. The number of phosphoric ester groups is 1. The first-order chi connectivity index (χ1) is 11.3. The summed E-state index contributed by atoms with van der Waals surface area (Å²) in [7, 11) is -4.94. The maximum Gasteiger partial charge on any atom is 0.470 e. The normalized spacial score (nSPS) is 27.1. The van der Waals surface area contributed by atoms with Crippen molar-refractivity contribution in [1.29, 1.82) is 0 Å². The first-order valence-corrected chi connectivity index (χ1v) is 8.16. The molecule has 132 valence electrons. The molecule has 11 nitrogen and oxygen atoms in total. The van der Waals surface area contributed by atoms with Crippen molar-refractivity contribution in [3.8, 4) is 12.3 Å². The molecule has 24 heavy (non-hydrogen) atoms. The zero-order valence-corrected chi connectivity index (χ0v) is 13.0. The molecule has 2 unspecified atom stereocenters. The van der Waals surface area contributed by atoms with Crippen LogP contribution in [0.15, 0.2) is 21.9 Å². The Morgan fingerprint density at radius 2 is 2.12 bits per heavy atom. The molecule has 0 spiro atoms. The molecule has 4 N–H and O–H groups in total. The summed E-state index contributed by atoms with van der Waals surface area (Å²) in [6.07, 6.45) is 1.20. The molecule has 1 aliphatic heterocycles. The molecule has 0 aliphatic carbocycles. The Balaban J connectivity index is 2.42. The Kier molecular flexibility index (Phi) is 5.74. The summed E-state index contributed by atoms with van der Waals surface area (Å²) in [5, 5.41) is 9.36. The lowest BCUT2D eigenvalue weighted by Crippen LogP contribution is -2.40. The second kappa shape index (κ2) is 7.42. The van der Waals surface area contributed by atoms with Crippen LogP contribution in [0.1, 0.15) is 6.23 Å². The minimum absolute atomic E-state index is 0.262. The van der Waals surface area contributed by atoms with Gasteiger partial charge in [0, 0.05) is 12.3 Å². The van der Waals surface area contributed by atoms with Gasteiger partial charge in [0.2, 0.25) is 0 Å². The maximum absolute atomic E-state index is 11.9. The number of hydrogen-bond donors (Lipinski definition) is 4. The number of nitrogens with one attached hydrogen (secondary N) is 1. The predicted molar refractivity (Wildman–Crippen MR) is 77.8 cm³/mol. The number of aliphatic hydroxyl groups excluding tert-OH is 1. The van der Waals surface area contributed by atoms with Crippen molar-refractivity contribution < 1.29 is 33.5 Å². The zero-order valence-electron chi connectivity index (χ0n) is 12.1. The van der Waals surface area contributed by atoms with Crippen LogP contribution in [0.3, 0.4) is 0 Å². The van der Waals surface area contributed by atoms with Crippen molar-refractivity contribution in [3.63, 3.8) is 0 Å². The van der Waals surface area contributed by atoms with Crippen LogP contribution in [0.5, 0.6) is 0 Å². The minimum Gasteiger partial charge on any atom is -0.394 e. The second-order valence-electron chi connectivity index (χ2n) is 4.81. The zero-order chi connectivity index (χ0) is 17.9. The maximum atomic E-state index is 11.9. The second-order valence-corrected chi connectivity index (χ2v) is 6.00. The lowest BCUT2D eigenvalue weighted by Gasteiger charge is -2.24. The molecule has 1 aromatic heterocycles. The lowest BCUT2D eigenvalue weighted by atomic mass is 10.1. The summed E-state index contributed by atoms with van der Waals surface area (Å²) >= 11 is 0. The summed E-state index contributed by atoms with van der Waals surface area (Å²) in [6, 6.07) is 1.05. The van der Waals surface area contributed by atoms with Crippen LogP contribution in [0.25, 0.3) is 0 Å². The summed E-state index contributed by atoms with van der Waals surface area (Å²) in [6.45, 7) is -0.920. The number of aliphatic hydroxyl groups is 1. The van der Waals surface area contributed by atoms with Gasteiger partial charge in [-0.1, -0.05) is 5.92 Å². The van der Waals surface area contributed by atoms with Gasteiger partial charge in [0.05, 0.1) is 6.61 Å². The minimum atomic E-state index is -4.94. The van der Waals surface area contributed by atoms with Crippen molar-refractivity contribution >= 4 is 7.82 Å². The number of aromatic nitrogens is 2. The molecule has 0 amide bonds. The highest BCUT2D eigenvalue weighted by Gasteiger charge is 2.49. The lowest BCUT2D eigenvalue weighted by molar-refractivity contribution is -0.0677.